The molecule has 76 valence electrons. The Morgan fingerprint density at radius 1 is 1.29 bits per heavy atom. The Hall–Kier alpha value is -0.820. The van der Waals surface area contributed by atoms with Crippen LogP contribution in [0.5, 0.6) is 0 Å². The summed E-state index contributed by atoms with van der Waals surface area (Å²) in [6.45, 7) is 5.21. The summed E-state index contributed by atoms with van der Waals surface area (Å²) in [5, 5.41) is 0. The van der Waals surface area contributed by atoms with E-state index >= 15 is 0 Å². The summed E-state index contributed by atoms with van der Waals surface area (Å²) in [5.74, 6) is 0. The van der Waals surface area contributed by atoms with Crippen LogP contribution in [0.4, 0.5) is 0 Å². The van der Waals surface area contributed by atoms with Gasteiger partial charge < -0.3 is 5.73 Å². The normalized spacial score (nSPS) is 19.1. The zero-order chi connectivity index (χ0) is 10.2. The molecule has 1 fully saturated rings. The molecule has 0 bridgehead atoms. The highest BCUT2D eigenvalue weighted by atomic mass is 14.6. The summed E-state index contributed by atoms with van der Waals surface area (Å²) in [5.41, 5.74) is 10.6. The Balaban J connectivity index is 2.45. The van der Waals surface area contributed by atoms with E-state index in [0.29, 0.717) is 5.41 Å². The molecule has 1 nitrogen and oxygen atoms in total. The molecule has 2 rings (SSSR count). The molecular formula is C13H19N. The average molecular weight is 189 g/mol. The van der Waals surface area contributed by atoms with Gasteiger partial charge in [0.15, 0.2) is 0 Å². The second-order valence-electron chi connectivity index (χ2n) is 4.59. The molecule has 1 aromatic rings. The van der Waals surface area contributed by atoms with Gasteiger partial charge >= 0.3 is 0 Å². The number of aryl methyl sites for hydroxylation is 1. The van der Waals surface area contributed by atoms with Crippen molar-refractivity contribution in [3.63, 3.8) is 0 Å². The molecule has 0 aliphatic heterocycles. The van der Waals surface area contributed by atoms with Gasteiger partial charge in [-0.3, -0.25) is 0 Å². The van der Waals surface area contributed by atoms with Gasteiger partial charge in [-0.25, -0.2) is 0 Å². The molecule has 1 saturated carbocycles. The lowest BCUT2D eigenvalue weighted by Gasteiger charge is -2.42. The van der Waals surface area contributed by atoms with Crippen molar-refractivity contribution in [2.45, 2.75) is 38.5 Å². The summed E-state index contributed by atoms with van der Waals surface area (Å²) >= 11 is 0. The number of benzene rings is 1. The summed E-state index contributed by atoms with van der Waals surface area (Å²) in [4.78, 5) is 0. The maximum absolute atomic E-state index is 5.92. The van der Waals surface area contributed by atoms with Gasteiger partial charge in [0.1, 0.15) is 0 Å². The van der Waals surface area contributed by atoms with E-state index in [2.05, 4.69) is 32.0 Å². The van der Waals surface area contributed by atoms with Crippen molar-refractivity contribution in [1.29, 1.82) is 0 Å². The quantitative estimate of drug-likeness (QED) is 0.760. The minimum Gasteiger partial charge on any atom is -0.330 e. The van der Waals surface area contributed by atoms with Crippen molar-refractivity contribution < 1.29 is 0 Å². The maximum Gasteiger partial charge on any atom is 0.00782 e. The number of hydrogen-bond acceptors (Lipinski definition) is 1. The smallest absolute Gasteiger partial charge is 0.00782 e. The molecule has 2 N–H and O–H groups in total. The molecule has 0 saturated heterocycles. The predicted molar refractivity (Wildman–Crippen MR) is 60.5 cm³/mol. The highest BCUT2D eigenvalue weighted by molar-refractivity contribution is 5.40. The predicted octanol–water partition coefficient (Wildman–Crippen LogP) is 2.68. The molecule has 1 aliphatic rings. The summed E-state index contributed by atoms with van der Waals surface area (Å²) in [6, 6.07) is 6.60. The van der Waals surface area contributed by atoms with E-state index in [0.717, 1.165) is 6.54 Å². The van der Waals surface area contributed by atoms with Crippen molar-refractivity contribution in [3.05, 3.63) is 34.9 Å². The molecule has 0 atom stereocenters. The van der Waals surface area contributed by atoms with Crippen LogP contribution in [0.2, 0.25) is 0 Å². The van der Waals surface area contributed by atoms with Crippen LogP contribution in [0.1, 0.15) is 36.0 Å². The van der Waals surface area contributed by atoms with Crippen LogP contribution in [0.25, 0.3) is 0 Å². The fourth-order valence-corrected chi connectivity index (χ4v) is 2.51. The minimum atomic E-state index is 0.316. The first kappa shape index (κ1) is 9.72. The molecule has 0 heterocycles. The van der Waals surface area contributed by atoms with Gasteiger partial charge in [0, 0.05) is 12.0 Å². The SMILES string of the molecule is Cc1cccc(C2(CN)CCC2)c1C. The van der Waals surface area contributed by atoms with E-state index in [4.69, 9.17) is 5.73 Å². The summed E-state index contributed by atoms with van der Waals surface area (Å²) < 4.78 is 0. The van der Waals surface area contributed by atoms with Gasteiger partial charge in [0.25, 0.3) is 0 Å². The maximum atomic E-state index is 5.92. The first-order chi connectivity index (χ1) is 6.69. The highest BCUT2D eigenvalue weighted by Gasteiger charge is 2.38. The van der Waals surface area contributed by atoms with Gasteiger partial charge in [0.2, 0.25) is 0 Å². The lowest BCUT2D eigenvalue weighted by atomic mass is 9.63. The Morgan fingerprint density at radius 3 is 2.50 bits per heavy atom. The third-order valence-electron chi connectivity index (χ3n) is 3.88. The fraction of sp³-hybridized carbons (Fsp3) is 0.538. The summed E-state index contributed by atoms with van der Waals surface area (Å²) in [7, 11) is 0. The lowest BCUT2D eigenvalue weighted by molar-refractivity contribution is 0.252. The highest BCUT2D eigenvalue weighted by Crippen LogP contribution is 2.44. The molecule has 0 amide bonds. The van der Waals surface area contributed by atoms with Gasteiger partial charge in [-0.05, 0) is 43.4 Å². The van der Waals surface area contributed by atoms with Crippen LogP contribution in [0.15, 0.2) is 18.2 Å². The molecule has 1 aliphatic carbocycles. The average Bonchev–Trinajstić information content (AvgIpc) is 2.11. The van der Waals surface area contributed by atoms with E-state index in [1.54, 1.807) is 0 Å². The molecule has 0 unspecified atom stereocenters. The summed E-state index contributed by atoms with van der Waals surface area (Å²) in [6.07, 6.45) is 3.88. The molecule has 1 heteroatoms. The topological polar surface area (TPSA) is 26.0 Å². The second kappa shape index (κ2) is 3.39. The Labute approximate surface area is 86.3 Å². The largest absolute Gasteiger partial charge is 0.330 e. The Morgan fingerprint density at radius 2 is 2.00 bits per heavy atom. The molecule has 14 heavy (non-hydrogen) atoms. The fourth-order valence-electron chi connectivity index (χ4n) is 2.51. The molecule has 1 aromatic carbocycles. The molecule has 0 aromatic heterocycles. The van der Waals surface area contributed by atoms with Crippen molar-refractivity contribution in [1.82, 2.24) is 0 Å². The monoisotopic (exact) mass is 189 g/mol. The third kappa shape index (κ3) is 1.27. The van der Waals surface area contributed by atoms with Crippen molar-refractivity contribution in [2.75, 3.05) is 6.54 Å². The van der Waals surface area contributed by atoms with Crippen LogP contribution >= 0.6 is 0 Å². The van der Waals surface area contributed by atoms with Gasteiger partial charge in [0.05, 0.1) is 0 Å². The number of rotatable bonds is 2. The third-order valence-corrected chi connectivity index (χ3v) is 3.88. The zero-order valence-corrected chi connectivity index (χ0v) is 9.14. The van der Waals surface area contributed by atoms with Gasteiger partial charge in [-0.1, -0.05) is 24.6 Å². The van der Waals surface area contributed by atoms with E-state index in [9.17, 15) is 0 Å². The molecule has 0 spiro atoms. The zero-order valence-electron chi connectivity index (χ0n) is 9.14. The van der Waals surface area contributed by atoms with Gasteiger partial charge in [-0.2, -0.15) is 0 Å². The lowest BCUT2D eigenvalue weighted by Crippen LogP contribution is -2.42. The minimum absolute atomic E-state index is 0.316. The van der Waals surface area contributed by atoms with Crippen LogP contribution in [0, 0.1) is 13.8 Å². The number of hydrogen-bond donors (Lipinski definition) is 1. The first-order valence-electron chi connectivity index (χ1n) is 5.46. The first-order valence-corrected chi connectivity index (χ1v) is 5.46. The van der Waals surface area contributed by atoms with Crippen LogP contribution < -0.4 is 5.73 Å². The Bertz CT molecular complexity index is 332. The van der Waals surface area contributed by atoms with Gasteiger partial charge in [-0.15, -0.1) is 0 Å². The second-order valence-corrected chi connectivity index (χ2v) is 4.59. The van der Waals surface area contributed by atoms with E-state index in [-0.39, 0.29) is 0 Å². The van der Waals surface area contributed by atoms with Crippen molar-refractivity contribution in [2.24, 2.45) is 5.73 Å². The Kier molecular flexibility index (Phi) is 2.36. The number of nitrogens with two attached hydrogens (primary N) is 1. The standard InChI is InChI=1S/C13H19N/c1-10-5-3-6-12(11(10)2)13(9-14)7-4-8-13/h3,5-6H,4,7-9,14H2,1-2H3. The van der Waals surface area contributed by atoms with E-state index in [1.165, 1.54) is 36.0 Å². The van der Waals surface area contributed by atoms with Crippen molar-refractivity contribution in [3.8, 4) is 0 Å². The van der Waals surface area contributed by atoms with Crippen LogP contribution in [-0.2, 0) is 5.41 Å². The van der Waals surface area contributed by atoms with Crippen molar-refractivity contribution >= 4 is 0 Å². The molecular weight excluding hydrogens is 170 g/mol. The van der Waals surface area contributed by atoms with Crippen LogP contribution in [-0.4, -0.2) is 6.54 Å². The van der Waals surface area contributed by atoms with E-state index < -0.39 is 0 Å². The van der Waals surface area contributed by atoms with Crippen LogP contribution in [0.3, 0.4) is 0 Å². The van der Waals surface area contributed by atoms with E-state index in [1.807, 2.05) is 0 Å². The molecule has 0 radical (unpaired) electrons.